The van der Waals surface area contributed by atoms with Crippen LogP contribution in [0, 0.1) is 0 Å². The third-order valence-corrected chi connectivity index (χ3v) is 6.04. The number of aliphatic hydroxyl groups excluding tert-OH is 1. The maximum absolute atomic E-state index is 13.2. The first-order valence-electron chi connectivity index (χ1n) is 11.1. The quantitative estimate of drug-likeness (QED) is 0.232. The molecule has 1 aliphatic rings. The molecule has 3 aromatic rings. The molecule has 8 nitrogen and oxygen atoms in total. The third-order valence-electron chi connectivity index (χ3n) is 6.04. The number of aliphatic hydroxyl groups is 1. The minimum absolute atomic E-state index is 0.0235. The van der Waals surface area contributed by atoms with Crippen molar-refractivity contribution in [2.75, 3.05) is 21.3 Å². The van der Waals surface area contributed by atoms with E-state index in [1.807, 2.05) is 0 Å². The highest BCUT2D eigenvalue weighted by atomic mass is 16.5. The van der Waals surface area contributed by atoms with Crippen molar-refractivity contribution in [2.45, 2.75) is 12.6 Å². The van der Waals surface area contributed by atoms with Gasteiger partial charge in [-0.05, 0) is 59.7 Å². The Labute approximate surface area is 208 Å². The first-order chi connectivity index (χ1) is 17.4. The van der Waals surface area contributed by atoms with E-state index < -0.39 is 23.7 Å². The predicted molar refractivity (Wildman–Crippen MR) is 132 cm³/mol. The lowest BCUT2D eigenvalue weighted by Gasteiger charge is -2.26. The van der Waals surface area contributed by atoms with Crippen LogP contribution in [0.1, 0.15) is 33.1 Å². The number of amides is 1. The summed E-state index contributed by atoms with van der Waals surface area (Å²) in [5.41, 5.74) is 2.03. The van der Waals surface area contributed by atoms with Gasteiger partial charge in [0.25, 0.3) is 11.7 Å². The summed E-state index contributed by atoms with van der Waals surface area (Å²) < 4.78 is 15.3. The van der Waals surface area contributed by atoms with Crippen LogP contribution in [0.4, 0.5) is 0 Å². The Balaban J connectivity index is 1.80. The van der Waals surface area contributed by atoms with Gasteiger partial charge in [0.15, 0.2) is 0 Å². The van der Waals surface area contributed by atoms with Gasteiger partial charge in [0.05, 0.1) is 38.5 Å². The van der Waals surface area contributed by atoms with Crippen molar-refractivity contribution in [1.82, 2.24) is 4.90 Å². The highest BCUT2D eigenvalue weighted by molar-refractivity contribution is 6.46. The standard InChI is InChI=1S/C28H25NO7/c1-34-21-13-11-18(12-14-21)25(30)23-24(20-5-4-6-22(15-20)35-2)29(27(32)26(23)31)16-17-7-9-19(10-8-17)28(33)36-3/h4-15,24,30H,16H2,1-3H3/b25-23+. The number of esters is 1. The number of Topliss-reactive ketones (excluding diaryl/α,β-unsaturated/α-hetero) is 1. The zero-order valence-corrected chi connectivity index (χ0v) is 20.1. The number of hydrogen-bond acceptors (Lipinski definition) is 7. The van der Waals surface area contributed by atoms with Gasteiger partial charge in [-0.3, -0.25) is 9.59 Å². The number of ether oxygens (including phenoxy) is 3. The summed E-state index contributed by atoms with van der Waals surface area (Å²) in [6.07, 6.45) is 0. The zero-order chi connectivity index (χ0) is 25.8. The van der Waals surface area contributed by atoms with Crippen LogP contribution in [0.2, 0.25) is 0 Å². The van der Waals surface area contributed by atoms with Crippen LogP contribution in [-0.2, 0) is 20.9 Å². The number of rotatable bonds is 7. The molecule has 1 atom stereocenters. The first-order valence-corrected chi connectivity index (χ1v) is 11.1. The Morgan fingerprint density at radius 3 is 2.11 bits per heavy atom. The number of likely N-dealkylation sites (tertiary alicyclic amines) is 1. The Bertz CT molecular complexity index is 1330. The fourth-order valence-electron chi connectivity index (χ4n) is 4.17. The lowest BCUT2D eigenvalue weighted by atomic mass is 9.95. The Morgan fingerprint density at radius 1 is 0.861 bits per heavy atom. The van der Waals surface area contributed by atoms with E-state index in [-0.39, 0.29) is 17.9 Å². The summed E-state index contributed by atoms with van der Waals surface area (Å²) in [5, 5.41) is 11.2. The lowest BCUT2D eigenvalue weighted by Crippen LogP contribution is -2.29. The number of benzene rings is 3. The summed E-state index contributed by atoms with van der Waals surface area (Å²) in [5.74, 6) is -1.15. The van der Waals surface area contributed by atoms with Gasteiger partial charge in [-0.15, -0.1) is 0 Å². The van der Waals surface area contributed by atoms with E-state index >= 15 is 0 Å². The molecule has 3 aromatic carbocycles. The van der Waals surface area contributed by atoms with Crippen LogP contribution in [0.5, 0.6) is 11.5 Å². The second kappa shape index (κ2) is 10.4. The van der Waals surface area contributed by atoms with Gasteiger partial charge in [-0.25, -0.2) is 4.79 Å². The number of nitrogens with zero attached hydrogens (tertiary/aromatic N) is 1. The molecule has 0 saturated carbocycles. The molecule has 0 spiro atoms. The van der Waals surface area contributed by atoms with Gasteiger partial charge >= 0.3 is 5.97 Å². The highest BCUT2D eigenvalue weighted by Gasteiger charge is 2.46. The Morgan fingerprint density at radius 2 is 1.50 bits per heavy atom. The molecule has 1 N–H and O–H groups in total. The van der Waals surface area contributed by atoms with Crippen molar-refractivity contribution < 1.29 is 33.7 Å². The van der Waals surface area contributed by atoms with Gasteiger partial charge in [0, 0.05) is 12.1 Å². The minimum atomic E-state index is -0.859. The van der Waals surface area contributed by atoms with Gasteiger partial charge in [-0.2, -0.15) is 0 Å². The summed E-state index contributed by atoms with van der Waals surface area (Å²) >= 11 is 0. The number of ketones is 1. The molecule has 1 amide bonds. The molecule has 36 heavy (non-hydrogen) atoms. The molecular formula is C28H25NO7. The van der Waals surface area contributed by atoms with Crippen LogP contribution in [0.3, 0.4) is 0 Å². The summed E-state index contributed by atoms with van der Waals surface area (Å²) in [6.45, 7) is 0.0767. The van der Waals surface area contributed by atoms with Gasteiger partial charge in [0.2, 0.25) is 0 Å². The van der Waals surface area contributed by atoms with Crippen molar-refractivity contribution in [3.63, 3.8) is 0 Å². The van der Waals surface area contributed by atoms with Gasteiger partial charge < -0.3 is 24.2 Å². The molecular weight excluding hydrogens is 462 g/mol. The molecule has 184 valence electrons. The molecule has 1 fully saturated rings. The average Bonchev–Trinajstić information content (AvgIpc) is 3.17. The predicted octanol–water partition coefficient (Wildman–Crippen LogP) is 4.11. The number of hydrogen-bond donors (Lipinski definition) is 1. The Kier molecular flexibility index (Phi) is 7.05. The smallest absolute Gasteiger partial charge is 0.337 e. The molecule has 1 aliphatic heterocycles. The average molecular weight is 488 g/mol. The first kappa shape index (κ1) is 24.5. The van der Waals surface area contributed by atoms with Crippen LogP contribution in [-0.4, -0.2) is 49.0 Å². The van der Waals surface area contributed by atoms with Crippen LogP contribution < -0.4 is 9.47 Å². The molecule has 0 bridgehead atoms. The summed E-state index contributed by atoms with van der Waals surface area (Å²) in [7, 11) is 4.35. The van der Waals surface area contributed by atoms with E-state index in [0.29, 0.717) is 33.8 Å². The van der Waals surface area contributed by atoms with Crippen molar-refractivity contribution in [1.29, 1.82) is 0 Å². The molecule has 8 heteroatoms. The number of carbonyl (C=O) groups excluding carboxylic acids is 3. The van der Waals surface area contributed by atoms with Crippen molar-refractivity contribution in [3.05, 3.63) is 101 Å². The fraction of sp³-hybridized carbons (Fsp3) is 0.179. The molecule has 1 unspecified atom stereocenters. The summed E-state index contributed by atoms with van der Waals surface area (Å²) in [4.78, 5) is 39.6. The molecule has 0 aromatic heterocycles. The Hall–Kier alpha value is -4.59. The van der Waals surface area contributed by atoms with E-state index in [1.165, 1.54) is 26.2 Å². The lowest BCUT2D eigenvalue weighted by molar-refractivity contribution is -0.140. The number of methoxy groups -OCH3 is 3. The topological polar surface area (TPSA) is 102 Å². The second-order valence-electron chi connectivity index (χ2n) is 8.12. The largest absolute Gasteiger partial charge is 0.507 e. The van der Waals surface area contributed by atoms with E-state index in [2.05, 4.69) is 0 Å². The van der Waals surface area contributed by atoms with Crippen LogP contribution in [0.15, 0.2) is 78.4 Å². The van der Waals surface area contributed by atoms with E-state index in [0.717, 1.165) is 0 Å². The van der Waals surface area contributed by atoms with E-state index in [9.17, 15) is 19.5 Å². The van der Waals surface area contributed by atoms with Crippen LogP contribution in [0.25, 0.3) is 5.76 Å². The van der Waals surface area contributed by atoms with Crippen LogP contribution >= 0.6 is 0 Å². The monoisotopic (exact) mass is 487 g/mol. The van der Waals surface area contributed by atoms with E-state index in [4.69, 9.17) is 14.2 Å². The normalized spacial score (nSPS) is 16.6. The van der Waals surface area contributed by atoms with Crippen molar-refractivity contribution in [3.8, 4) is 11.5 Å². The zero-order valence-electron chi connectivity index (χ0n) is 20.1. The summed E-state index contributed by atoms with van der Waals surface area (Å²) in [6, 6.07) is 19.3. The molecule has 0 aliphatic carbocycles. The maximum atomic E-state index is 13.2. The molecule has 4 rings (SSSR count). The fourth-order valence-corrected chi connectivity index (χ4v) is 4.17. The minimum Gasteiger partial charge on any atom is -0.507 e. The van der Waals surface area contributed by atoms with Gasteiger partial charge in [0.1, 0.15) is 17.3 Å². The molecule has 1 heterocycles. The van der Waals surface area contributed by atoms with E-state index in [1.54, 1.807) is 72.8 Å². The maximum Gasteiger partial charge on any atom is 0.337 e. The molecule has 1 saturated heterocycles. The number of carbonyl (C=O) groups is 3. The second-order valence-corrected chi connectivity index (χ2v) is 8.12. The highest BCUT2D eigenvalue weighted by Crippen LogP contribution is 2.41. The third kappa shape index (κ3) is 4.65. The SMILES string of the molecule is COC(=O)c1ccc(CN2C(=O)C(=O)/C(=C(/O)c3ccc(OC)cc3)C2c2cccc(OC)c2)cc1. The molecule has 0 radical (unpaired) electrons. The van der Waals surface area contributed by atoms with Crippen molar-refractivity contribution in [2.24, 2.45) is 0 Å². The van der Waals surface area contributed by atoms with Gasteiger partial charge in [-0.1, -0.05) is 24.3 Å². The van der Waals surface area contributed by atoms with Crippen molar-refractivity contribution >= 4 is 23.4 Å².